The van der Waals surface area contributed by atoms with Crippen LogP contribution in [-0.2, 0) is 0 Å². The van der Waals surface area contributed by atoms with E-state index in [2.05, 4.69) is 43.5 Å². The summed E-state index contributed by atoms with van der Waals surface area (Å²) in [5.74, 6) is 0.314. The van der Waals surface area contributed by atoms with Crippen LogP contribution in [0.15, 0.2) is 30.3 Å². The standard InChI is InChI=1S/C20H33N3O2/c1-15(17-8-6-5-7-9-17)22-20(3,4)14-21-19(25)23-12-10-18(11-13-23)16(2)24/h5-9,15-16,18,22,24H,10-14H2,1-4H3,(H,21,25). The number of amides is 2. The van der Waals surface area contributed by atoms with Crippen LogP contribution < -0.4 is 10.6 Å². The summed E-state index contributed by atoms with van der Waals surface area (Å²) in [6.07, 6.45) is 1.46. The van der Waals surface area contributed by atoms with Gasteiger partial charge >= 0.3 is 6.03 Å². The van der Waals surface area contributed by atoms with Crippen LogP contribution in [0, 0.1) is 5.92 Å². The lowest BCUT2D eigenvalue weighted by molar-refractivity contribution is 0.0795. The van der Waals surface area contributed by atoms with Gasteiger partial charge in [-0.15, -0.1) is 0 Å². The number of nitrogens with one attached hydrogen (secondary N) is 2. The van der Waals surface area contributed by atoms with Crippen molar-refractivity contribution in [2.75, 3.05) is 19.6 Å². The number of carbonyl (C=O) groups excluding carboxylic acids is 1. The second-order valence-corrected chi connectivity index (χ2v) is 7.88. The van der Waals surface area contributed by atoms with Gasteiger partial charge in [0.05, 0.1) is 6.10 Å². The third kappa shape index (κ3) is 6.01. The van der Waals surface area contributed by atoms with Crippen molar-refractivity contribution in [3.63, 3.8) is 0 Å². The van der Waals surface area contributed by atoms with Gasteiger partial charge in [-0.2, -0.15) is 0 Å². The van der Waals surface area contributed by atoms with Crippen molar-refractivity contribution in [3.05, 3.63) is 35.9 Å². The molecule has 1 heterocycles. The summed E-state index contributed by atoms with van der Waals surface area (Å²) >= 11 is 0. The fourth-order valence-corrected chi connectivity index (χ4v) is 3.46. The zero-order valence-electron chi connectivity index (χ0n) is 16.0. The van der Waals surface area contributed by atoms with Crippen molar-refractivity contribution in [3.8, 4) is 0 Å². The number of likely N-dealkylation sites (tertiary alicyclic amines) is 1. The molecule has 2 amide bonds. The van der Waals surface area contributed by atoms with Crippen molar-refractivity contribution in [2.24, 2.45) is 5.92 Å². The molecule has 0 spiro atoms. The molecule has 1 aliphatic rings. The normalized spacial score (nSPS) is 18.7. The van der Waals surface area contributed by atoms with E-state index >= 15 is 0 Å². The van der Waals surface area contributed by atoms with Crippen LogP contribution in [0.4, 0.5) is 4.79 Å². The van der Waals surface area contributed by atoms with Gasteiger partial charge in [-0.1, -0.05) is 30.3 Å². The van der Waals surface area contributed by atoms with Crippen LogP contribution in [0.1, 0.15) is 52.1 Å². The van der Waals surface area contributed by atoms with Gasteiger partial charge in [-0.25, -0.2) is 4.79 Å². The van der Waals surface area contributed by atoms with Crippen LogP contribution in [0.5, 0.6) is 0 Å². The molecule has 3 N–H and O–H groups in total. The lowest BCUT2D eigenvalue weighted by Crippen LogP contribution is -2.53. The van der Waals surface area contributed by atoms with Crippen molar-refractivity contribution in [1.82, 2.24) is 15.5 Å². The molecule has 0 bridgehead atoms. The first-order valence-corrected chi connectivity index (χ1v) is 9.32. The molecule has 1 aromatic carbocycles. The van der Waals surface area contributed by atoms with Crippen LogP contribution >= 0.6 is 0 Å². The quantitative estimate of drug-likeness (QED) is 0.741. The molecule has 0 aliphatic carbocycles. The van der Waals surface area contributed by atoms with Crippen LogP contribution in [-0.4, -0.2) is 47.3 Å². The van der Waals surface area contributed by atoms with Crippen molar-refractivity contribution in [2.45, 2.75) is 58.2 Å². The van der Waals surface area contributed by atoms with Gasteiger partial charge in [0, 0.05) is 31.2 Å². The molecule has 5 nitrogen and oxygen atoms in total. The van der Waals surface area contributed by atoms with Crippen LogP contribution in [0.3, 0.4) is 0 Å². The third-order valence-electron chi connectivity index (χ3n) is 5.10. The minimum Gasteiger partial charge on any atom is -0.393 e. The Morgan fingerprint density at radius 3 is 2.40 bits per heavy atom. The van der Waals surface area contributed by atoms with E-state index in [1.165, 1.54) is 5.56 Å². The first-order valence-electron chi connectivity index (χ1n) is 9.32. The third-order valence-corrected chi connectivity index (χ3v) is 5.10. The Hall–Kier alpha value is -1.59. The number of aliphatic hydroxyl groups is 1. The lowest BCUT2D eigenvalue weighted by atomic mass is 9.92. The highest BCUT2D eigenvalue weighted by Gasteiger charge is 2.27. The maximum absolute atomic E-state index is 12.4. The Morgan fingerprint density at radius 2 is 1.84 bits per heavy atom. The van der Waals surface area contributed by atoms with Crippen molar-refractivity contribution in [1.29, 1.82) is 0 Å². The van der Waals surface area contributed by atoms with Gasteiger partial charge in [0.15, 0.2) is 0 Å². The summed E-state index contributed by atoms with van der Waals surface area (Å²) in [6, 6.07) is 10.5. The monoisotopic (exact) mass is 347 g/mol. The van der Waals surface area contributed by atoms with E-state index in [0.29, 0.717) is 12.5 Å². The largest absolute Gasteiger partial charge is 0.393 e. The SMILES string of the molecule is CC(NC(C)(C)CNC(=O)N1CCC(C(C)O)CC1)c1ccccc1. The fraction of sp³-hybridized carbons (Fsp3) is 0.650. The van der Waals surface area contributed by atoms with Gasteiger partial charge in [0.2, 0.25) is 0 Å². The van der Waals surface area contributed by atoms with E-state index in [9.17, 15) is 9.90 Å². The molecule has 0 saturated carbocycles. The molecule has 0 radical (unpaired) electrons. The maximum atomic E-state index is 12.4. The first-order chi connectivity index (χ1) is 11.8. The topological polar surface area (TPSA) is 64.6 Å². The molecule has 25 heavy (non-hydrogen) atoms. The van der Waals surface area contributed by atoms with E-state index in [4.69, 9.17) is 0 Å². The smallest absolute Gasteiger partial charge is 0.317 e. The number of rotatable bonds is 6. The molecule has 140 valence electrons. The summed E-state index contributed by atoms with van der Waals surface area (Å²) in [5.41, 5.74) is 1.03. The number of urea groups is 1. The number of aliphatic hydroxyl groups excluding tert-OH is 1. The zero-order chi connectivity index (χ0) is 18.4. The highest BCUT2D eigenvalue weighted by molar-refractivity contribution is 5.74. The van der Waals surface area contributed by atoms with E-state index < -0.39 is 0 Å². The zero-order valence-corrected chi connectivity index (χ0v) is 16.0. The summed E-state index contributed by atoms with van der Waals surface area (Å²) in [5, 5.41) is 16.3. The van der Waals surface area contributed by atoms with E-state index in [0.717, 1.165) is 25.9 Å². The average Bonchev–Trinajstić information content (AvgIpc) is 2.60. The van der Waals surface area contributed by atoms with Crippen LogP contribution in [0.2, 0.25) is 0 Å². The molecule has 2 atom stereocenters. The van der Waals surface area contributed by atoms with Crippen LogP contribution in [0.25, 0.3) is 0 Å². The Labute approximate surface area is 151 Å². The second kappa shape index (κ2) is 8.68. The van der Waals surface area contributed by atoms with E-state index in [1.54, 1.807) is 0 Å². The predicted molar refractivity (Wildman–Crippen MR) is 101 cm³/mol. The van der Waals surface area contributed by atoms with Crippen molar-refractivity contribution < 1.29 is 9.90 Å². The molecule has 1 fully saturated rings. The molecule has 1 saturated heterocycles. The molecule has 5 heteroatoms. The number of hydrogen-bond acceptors (Lipinski definition) is 3. The summed E-state index contributed by atoms with van der Waals surface area (Å²) in [4.78, 5) is 14.3. The van der Waals surface area contributed by atoms with Gasteiger partial charge in [-0.3, -0.25) is 0 Å². The number of benzene rings is 1. The molecule has 1 aromatic rings. The molecule has 2 unspecified atom stereocenters. The average molecular weight is 348 g/mol. The number of hydrogen-bond donors (Lipinski definition) is 3. The Balaban J connectivity index is 1.78. The number of nitrogens with zero attached hydrogens (tertiary/aromatic N) is 1. The highest BCUT2D eigenvalue weighted by Crippen LogP contribution is 2.20. The Kier molecular flexibility index (Phi) is 6.85. The fourth-order valence-electron chi connectivity index (χ4n) is 3.46. The Morgan fingerprint density at radius 1 is 1.24 bits per heavy atom. The lowest BCUT2D eigenvalue weighted by Gasteiger charge is -2.35. The van der Waals surface area contributed by atoms with Gasteiger partial charge in [-0.05, 0) is 52.0 Å². The van der Waals surface area contributed by atoms with Gasteiger partial charge < -0.3 is 20.6 Å². The number of carbonyl (C=O) groups is 1. The van der Waals surface area contributed by atoms with Crippen molar-refractivity contribution >= 4 is 6.03 Å². The summed E-state index contributed by atoms with van der Waals surface area (Å²) in [7, 11) is 0. The Bertz CT molecular complexity index is 537. The molecule has 2 rings (SSSR count). The minimum atomic E-state index is -0.284. The first kappa shape index (κ1) is 19.7. The predicted octanol–water partition coefficient (Wildman–Crippen LogP) is 2.92. The molecular formula is C20H33N3O2. The van der Waals surface area contributed by atoms with E-state index in [1.807, 2.05) is 30.0 Å². The highest BCUT2D eigenvalue weighted by atomic mass is 16.3. The second-order valence-electron chi connectivity index (χ2n) is 7.88. The maximum Gasteiger partial charge on any atom is 0.317 e. The van der Waals surface area contributed by atoms with Gasteiger partial charge in [0.1, 0.15) is 0 Å². The number of piperidine rings is 1. The summed E-state index contributed by atoms with van der Waals surface area (Å²) < 4.78 is 0. The van der Waals surface area contributed by atoms with E-state index in [-0.39, 0.29) is 23.7 Å². The molecular weight excluding hydrogens is 314 g/mol. The van der Waals surface area contributed by atoms with Gasteiger partial charge in [0.25, 0.3) is 0 Å². The molecule has 0 aromatic heterocycles. The molecule has 1 aliphatic heterocycles. The summed E-state index contributed by atoms with van der Waals surface area (Å²) in [6.45, 7) is 10.2. The minimum absolute atomic E-state index is 0.00807.